The van der Waals surface area contributed by atoms with Crippen molar-refractivity contribution < 1.29 is 9.59 Å². The van der Waals surface area contributed by atoms with Gasteiger partial charge in [-0.3, -0.25) is 9.59 Å². The first kappa shape index (κ1) is 16.1. The molecule has 1 atom stereocenters. The zero-order valence-electron chi connectivity index (χ0n) is 11.2. The quantitative estimate of drug-likeness (QED) is 0.441. The van der Waals surface area contributed by atoms with E-state index in [1.807, 2.05) is 0 Å². The van der Waals surface area contributed by atoms with Gasteiger partial charge in [0, 0.05) is 12.2 Å². The maximum absolute atomic E-state index is 11.8. The summed E-state index contributed by atoms with van der Waals surface area (Å²) >= 11 is 4.94. The van der Waals surface area contributed by atoms with Crippen molar-refractivity contribution in [3.8, 4) is 0 Å². The summed E-state index contributed by atoms with van der Waals surface area (Å²) < 4.78 is 0. The summed E-state index contributed by atoms with van der Waals surface area (Å²) in [5.41, 5.74) is 12.6. The Bertz CT molecular complexity index is 502. The molecule has 108 valence electrons. The van der Waals surface area contributed by atoms with Crippen molar-refractivity contribution >= 4 is 34.7 Å². The fourth-order valence-corrected chi connectivity index (χ4v) is 1.70. The molecular weight excluding hydrogens is 276 g/mol. The van der Waals surface area contributed by atoms with Crippen LogP contribution in [0.3, 0.4) is 0 Å². The number of carbonyl (C=O) groups excluding carboxylic acids is 2. The molecule has 0 radical (unpaired) electrons. The highest BCUT2D eigenvalue weighted by Crippen LogP contribution is 2.05. The van der Waals surface area contributed by atoms with Crippen LogP contribution in [0.2, 0.25) is 0 Å². The molecule has 0 fully saturated rings. The zero-order chi connectivity index (χ0) is 15.1. The number of rotatable bonds is 5. The largest absolute Gasteiger partial charge is 0.399 e. The van der Waals surface area contributed by atoms with E-state index in [-0.39, 0.29) is 17.3 Å². The SMILES string of the molecule is CCNC(=O)C(N)C(=S)NC(=O)Cc1ccc(N)cc1. The molecule has 2 amide bonds. The summed E-state index contributed by atoms with van der Waals surface area (Å²) in [7, 11) is 0. The standard InChI is InChI=1S/C13H18N4O2S/c1-2-16-12(19)11(15)13(20)17-10(18)7-8-3-5-9(14)6-4-8/h3-6,11H,2,7,14-15H2,1H3,(H,16,19)(H,17,18,20). The average molecular weight is 294 g/mol. The van der Waals surface area contributed by atoms with Gasteiger partial charge in [0.1, 0.15) is 11.0 Å². The average Bonchev–Trinajstić information content (AvgIpc) is 2.40. The molecule has 0 aromatic heterocycles. The molecule has 0 heterocycles. The lowest BCUT2D eigenvalue weighted by Gasteiger charge is -2.13. The van der Waals surface area contributed by atoms with Gasteiger partial charge >= 0.3 is 0 Å². The van der Waals surface area contributed by atoms with E-state index in [1.54, 1.807) is 31.2 Å². The first-order chi connectivity index (χ1) is 9.43. The van der Waals surface area contributed by atoms with Crippen molar-refractivity contribution in [2.24, 2.45) is 5.73 Å². The van der Waals surface area contributed by atoms with Gasteiger partial charge in [-0.25, -0.2) is 0 Å². The normalized spacial score (nSPS) is 11.5. The predicted octanol–water partition coefficient (Wildman–Crippen LogP) is -0.282. The van der Waals surface area contributed by atoms with Crippen LogP contribution in [0.15, 0.2) is 24.3 Å². The van der Waals surface area contributed by atoms with Gasteiger partial charge in [-0.2, -0.15) is 0 Å². The Morgan fingerprint density at radius 1 is 1.30 bits per heavy atom. The highest BCUT2D eigenvalue weighted by atomic mass is 32.1. The molecule has 0 saturated carbocycles. The summed E-state index contributed by atoms with van der Waals surface area (Å²) in [6, 6.07) is 5.90. The second kappa shape index (κ2) is 7.56. The Kier molecular flexibility index (Phi) is 6.08. The Labute approximate surface area is 122 Å². The Hall–Kier alpha value is -1.99. The second-order valence-electron chi connectivity index (χ2n) is 4.20. The Balaban J connectivity index is 2.51. The van der Waals surface area contributed by atoms with Crippen LogP contribution >= 0.6 is 12.2 Å². The number of likely N-dealkylation sites (N-methyl/N-ethyl adjacent to an activating group) is 1. The maximum Gasteiger partial charge on any atom is 0.243 e. The first-order valence-electron chi connectivity index (χ1n) is 6.15. The van der Waals surface area contributed by atoms with E-state index in [0.717, 1.165) is 5.56 Å². The molecule has 6 N–H and O–H groups in total. The molecule has 0 aliphatic rings. The van der Waals surface area contributed by atoms with E-state index < -0.39 is 11.9 Å². The fourth-order valence-electron chi connectivity index (χ4n) is 1.48. The van der Waals surface area contributed by atoms with Crippen LogP contribution in [0.1, 0.15) is 12.5 Å². The van der Waals surface area contributed by atoms with E-state index in [9.17, 15) is 9.59 Å². The van der Waals surface area contributed by atoms with Crippen molar-refractivity contribution in [1.29, 1.82) is 0 Å². The number of hydrogen-bond donors (Lipinski definition) is 4. The number of nitrogens with one attached hydrogen (secondary N) is 2. The third kappa shape index (κ3) is 4.94. The number of anilines is 1. The summed E-state index contributed by atoms with van der Waals surface area (Å²) in [6.45, 7) is 2.22. The molecule has 0 aliphatic heterocycles. The van der Waals surface area contributed by atoms with Crippen molar-refractivity contribution in [2.75, 3.05) is 12.3 Å². The van der Waals surface area contributed by atoms with Crippen LogP contribution in [0.25, 0.3) is 0 Å². The van der Waals surface area contributed by atoms with Gasteiger partial charge in [-0.05, 0) is 24.6 Å². The van der Waals surface area contributed by atoms with Crippen LogP contribution in [0.5, 0.6) is 0 Å². The fraction of sp³-hybridized carbons (Fsp3) is 0.308. The maximum atomic E-state index is 11.8. The van der Waals surface area contributed by atoms with Crippen molar-refractivity contribution in [3.63, 3.8) is 0 Å². The summed E-state index contributed by atoms with van der Waals surface area (Å²) in [4.78, 5) is 23.3. The number of benzene rings is 1. The molecule has 20 heavy (non-hydrogen) atoms. The zero-order valence-corrected chi connectivity index (χ0v) is 12.0. The van der Waals surface area contributed by atoms with E-state index in [1.165, 1.54) is 0 Å². The third-order valence-electron chi connectivity index (χ3n) is 2.52. The smallest absolute Gasteiger partial charge is 0.243 e. The predicted molar refractivity (Wildman–Crippen MR) is 82.0 cm³/mol. The minimum absolute atomic E-state index is 0.0106. The summed E-state index contributed by atoms with van der Waals surface area (Å²) in [5, 5.41) is 5.00. The number of thiocarbonyl (C=S) groups is 1. The van der Waals surface area contributed by atoms with Gasteiger partial charge in [0.15, 0.2) is 0 Å². The molecular formula is C13H18N4O2S. The Morgan fingerprint density at radius 3 is 2.45 bits per heavy atom. The van der Waals surface area contributed by atoms with Gasteiger partial charge < -0.3 is 22.1 Å². The first-order valence-corrected chi connectivity index (χ1v) is 6.56. The monoisotopic (exact) mass is 294 g/mol. The van der Waals surface area contributed by atoms with E-state index >= 15 is 0 Å². The number of nitrogens with two attached hydrogens (primary N) is 2. The van der Waals surface area contributed by atoms with E-state index in [4.69, 9.17) is 23.7 Å². The molecule has 1 aromatic carbocycles. The molecule has 0 spiro atoms. The van der Waals surface area contributed by atoms with Crippen molar-refractivity contribution in [2.45, 2.75) is 19.4 Å². The second-order valence-corrected chi connectivity index (χ2v) is 4.64. The van der Waals surface area contributed by atoms with Gasteiger partial charge in [-0.15, -0.1) is 0 Å². The van der Waals surface area contributed by atoms with Crippen LogP contribution in [0, 0.1) is 0 Å². The minimum Gasteiger partial charge on any atom is -0.399 e. The highest BCUT2D eigenvalue weighted by molar-refractivity contribution is 7.80. The van der Waals surface area contributed by atoms with Gasteiger partial charge in [0.05, 0.1) is 6.42 Å². The number of hydrogen-bond acceptors (Lipinski definition) is 5. The molecule has 6 nitrogen and oxygen atoms in total. The summed E-state index contributed by atoms with van der Waals surface area (Å²) in [5.74, 6) is -0.732. The number of nitrogen functional groups attached to an aromatic ring is 1. The van der Waals surface area contributed by atoms with Gasteiger partial charge in [-0.1, -0.05) is 24.4 Å². The molecule has 1 rings (SSSR count). The van der Waals surface area contributed by atoms with E-state index in [0.29, 0.717) is 12.2 Å². The molecule has 1 aromatic rings. The van der Waals surface area contributed by atoms with Crippen LogP contribution in [-0.2, 0) is 16.0 Å². The lowest BCUT2D eigenvalue weighted by atomic mass is 10.1. The van der Waals surface area contributed by atoms with Crippen LogP contribution < -0.4 is 22.1 Å². The van der Waals surface area contributed by atoms with Crippen LogP contribution in [0.4, 0.5) is 5.69 Å². The lowest BCUT2D eigenvalue weighted by molar-refractivity contribution is -0.120. The highest BCUT2D eigenvalue weighted by Gasteiger charge is 2.19. The third-order valence-corrected chi connectivity index (χ3v) is 2.88. The molecule has 1 unspecified atom stereocenters. The minimum atomic E-state index is -1.03. The van der Waals surface area contributed by atoms with Gasteiger partial charge in [0.2, 0.25) is 11.8 Å². The van der Waals surface area contributed by atoms with E-state index in [2.05, 4.69) is 10.6 Å². The molecule has 0 aliphatic carbocycles. The molecule has 0 bridgehead atoms. The summed E-state index contributed by atoms with van der Waals surface area (Å²) in [6.07, 6.45) is 0.141. The number of carbonyl (C=O) groups is 2. The number of amides is 2. The molecule has 0 saturated heterocycles. The van der Waals surface area contributed by atoms with Crippen molar-refractivity contribution in [3.05, 3.63) is 29.8 Å². The van der Waals surface area contributed by atoms with Gasteiger partial charge in [0.25, 0.3) is 0 Å². The topological polar surface area (TPSA) is 110 Å². The van der Waals surface area contributed by atoms with Crippen LogP contribution in [-0.4, -0.2) is 29.4 Å². The molecule has 7 heteroatoms. The lowest BCUT2D eigenvalue weighted by Crippen LogP contribution is -2.51. The Morgan fingerprint density at radius 2 is 1.90 bits per heavy atom. The van der Waals surface area contributed by atoms with Crippen molar-refractivity contribution in [1.82, 2.24) is 10.6 Å².